The third-order valence-corrected chi connectivity index (χ3v) is 2.23. The molecule has 1 aromatic carbocycles. The van der Waals surface area contributed by atoms with Crippen molar-refractivity contribution in [3.05, 3.63) is 34.1 Å². The van der Waals surface area contributed by atoms with E-state index in [-0.39, 0.29) is 10.8 Å². The number of aryl methyl sites for hydroxylation is 1. The van der Waals surface area contributed by atoms with E-state index in [4.69, 9.17) is 17.3 Å². The van der Waals surface area contributed by atoms with Crippen LogP contribution in [0.1, 0.15) is 11.1 Å². The lowest BCUT2D eigenvalue weighted by Crippen LogP contribution is -2.05. The van der Waals surface area contributed by atoms with Gasteiger partial charge in [0.2, 0.25) is 0 Å². The SMILES string of the molecule is Cc1ccc(CCN)c(F)c1Cl. The van der Waals surface area contributed by atoms with Crippen LogP contribution in [0.3, 0.4) is 0 Å². The standard InChI is InChI=1S/C9H11ClFN/c1-6-2-3-7(4-5-12)9(11)8(6)10/h2-3H,4-5,12H2,1H3. The number of benzene rings is 1. The summed E-state index contributed by atoms with van der Waals surface area (Å²) in [6, 6.07) is 3.53. The summed E-state index contributed by atoms with van der Waals surface area (Å²) in [6.07, 6.45) is 0.534. The summed E-state index contributed by atoms with van der Waals surface area (Å²) in [5.74, 6) is -0.331. The van der Waals surface area contributed by atoms with Gasteiger partial charge in [0.25, 0.3) is 0 Å². The molecule has 0 unspecified atom stereocenters. The van der Waals surface area contributed by atoms with Crippen LogP contribution in [0.2, 0.25) is 5.02 Å². The highest BCUT2D eigenvalue weighted by molar-refractivity contribution is 6.31. The summed E-state index contributed by atoms with van der Waals surface area (Å²) < 4.78 is 13.3. The highest BCUT2D eigenvalue weighted by Crippen LogP contribution is 2.22. The Morgan fingerprint density at radius 1 is 1.50 bits per heavy atom. The van der Waals surface area contributed by atoms with Gasteiger partial charge >= 0.3 is 0 Å². The van der Waals surface area contributed by atoms with E-state index in [1.165, 1.54) is 0 Å². The van der Waals surface area contributed by atoms with Gasteiger partial charge in [-0.25, -0.2) is 4.39 Å². The first-order valence-corrected chi connectivity index (χ1v) is 4.18. The van der Waals surface area contributed by atoms with Crippen LogP contribution in [0.5, 0.6) is 0 Å². The third-order valence-electron chi connectivity index (χ3n) is 1.77. The van der Waals surface area contributed by atoms with Crippen LogP contribution in [-0.2, 0) is 6.42 Å². The average Bonchev–Trinajstić information content (AvgIpc) is 2.07. The topological polar surface area (TPSA) is 26.0 Å². The van der Waals surface area contributed by atoms with Crippen molar-refractivity contribution in [2.45, 2.75) is 13.3 Å². The molecule has 0 fully saturated rings. The van der Waals surface area contributed by atoms with Crippen LogP contribution in [0, 0.1) is 12.7 Å². The minimum Gasteiger partial charge on any atom is -0.330 e. The van der Waals surface area contributed by atoms with Crippen molar-refractivity contribution in [1.29, 1.82) is 0 Å². The predicted molar refractivity (Wildman–Crippen MR) is 48.9 cm³/mol. The molecule has 3 heteroatoms. The molecule has 12 heavy (non-hydrogen) atoms. The average molecular weight is 188 g/mol. The lowest BCUT2D eigenvalue weighted by Gasteiger charge is -2.04. The molecule has 0 radical (unpaired) electrons. The molecule has 0 spiro atoms. The Hall–Kier alpha value is -0.600. The second-order valence-electron chi connectivity index (χ2n) is 2.71. The second-order valence-corrected chi connectivity index (χ2v) is 3.09. The Labute approximate surface area is 76.3 Å². The first kappa shape index (κ1) is 9.49. The van der Waals surface area contributed by atoms with Crippen LogP contribution in [0.15, 0.2) is 12.1 Å². The van der Waals surface area contributed by atoms with E-state index in [9.17, 15) is 4.39 Å². The first-order valence-electron chi connectivity index (χ1n) is 3.80. The fourth-order valence-electron chi connectivity index (χ4n) is 1.03. The molecule has 0 bridgehead atoms. The van der Waals surface area contributed by atoms with Gasteiger partial charge in [0.05, 0.1) is 5.02 Å². The summed E-state index contributed by atoms with van der Waals surface area (Å²) >= 11 is 5.70. The molecule has 0 saturated carbocycles. The first-order chi connectivity index (χ1) is 5.66. The molecule has 0 aromatic heterocycles. The zero-order chi connectivity index (χ0) is 9.14. The van der Waals surface area contributed by atoms with Gasteiger partial charge in [-0.15, -0.1) is 0 Å². The summed E-state index contributed by atoms with van der Waals surface area (Å²) in [5.41, 5.74) is 6.66. The van der Waals surface area contributed by atoms with Crippen LogP contribution in [-0.4, -0.2) is 6.54 Å². The van der Waals surface area contributed by atoms with Gasteiger partial charge in [-0.05, 0) is 31.0 Å². The number of halogens is 2. The number of nitrogens with two attached hydrogens (primary N) is 1. The number of hydrogen-bond donors (Lipinski definition) is 1. The van der Waals surface area contributed by atoms with Gasteiger partial charge in [-0.1, -0.05) is 23.7 Å². The maximum atomic E-state index is 13.3. The number of hydrogen-bond acceptors (Lipinski definition) is 1. The molecule has 1 nitrogen and oxygen atoms in total. The molecular weight excluding hydrogens is 177 g/mol. The highest BCUT2D eigenvalue weighted by atomic mass is 35.5. The quantitative estimate of drug-likeness (QED) is 0.756. The Morgan fingerprint density at radius 2 is 2.17 bits per heavy atom. The monoisotopic (exact) mass is 187 g/mol. The van der Waals surface area contributed by atoms with E-state index >= 15 is 0 Å². The molecule has 0 aliphatic carbocycles. The largest absolute Gasteiger partial charge is 0.330 e. The number of rotatable bonds is 2. The van der Waals surface area contributed by atoms with Gasteiger partial charge in [-0.2, -0.15) is 0 Å². The minimum absolute atomic E-state index is 0.209. The van der Waals surface area contributed by atoms with Gasteiger partial charge in [0.1, 0.15) is 5.82 Å². The third kappa shape index (κ3) is 1.76. The Balaban J connectivity index is 3.08. The van der Waals surface area contributed by atoms with Gasteiger partial charge in [-0.3, -0.25) is 0 Å². The van der Waals surface area contributed by atoms with Crippen LogP contribution in [0.25, 0.3) is 0 Å². The zero-order valence-corrected chi connectivity index (χ0v) is 7.66. The molecule has 66 valence electrons. The molecule has 1 rings (SSSR count). The van der Waals surface area contributed by atoms with E-state index in [1.807, 2.05) is 0 Å². The minimum atomic E-state index is -0.331. The van der Waals surface area contributed by atoms with Crippen LogP contribution in [0.4, 0.5) is 4.39 Å². The second kappa shape index (κ2) is 3.87. The van der Waals surface area contributed by atoms with Crippen LogP contribution >= 0.6 is 11.6 Å². The Bertz CT molecular complexity index is 286. The fraction of sp³-hybridized carbons (Fsp3) is 0.333. The van der Waals surface area contributed by atoms with Crippen molar-refractivity contribution < 1.29 is 4.39 Å². The van der Waals surface area contributed by atoms with Gasteiger partial charge < -0.3 is 5.73 Å². The smallest absolute Gasteiger partial charge is 0.145 e. The summed E-state index contributed by atoms with van der Waals surface area (Å²) in [7, 11) is 0. The molecule has 0 aliphatic heterocycles. The van der Waals surface area contributed by atoms with Crippen molar-refractivity contribution in [2.75, 3.05) is 6.54 Å². The van der Waals surface area contributed by atoms with Crippen molar-refractivity contribution in [3.8, 4) is 0 Å². The molecule has 0 saturated heterocycles. The van der Waals surface area contributed by atoms with E-state index in [0.29, 0.717) is 18.5 Å². The van der Waals surface area contributed by atoms with E-state index < -0.39 is 0 Å². The maximum Gasteiger partial charge on any atom is 0.145 e. The van der Waals surface area contributed by atoms with Crippen molar-refractivity contribution >= 4 is 11.6 Å². The summed E-state index contributed by atoms with van der Waals surface area (Å²) in [6.45, 7) is 2.22. The lowest BCUT2D eigenvalue weighted by atomic mass is 10.1. The lowest BCUT2D eigenvalue weighted by molar-refractivity contribution is 0.609. The predicted octanol–water partition coefficient (Wildman–Crippen LogP) is 2.29. The van der Waals surface area contributed by atoms with E-state index in [1.54, 1.807) is 19.1 Å². The molecule has 1 aromatic rings. The Kier molecular flexibility index (Phi) is 3.06. The van der Waals surface area contributed by atoms with Gasteiger partial charge in [0.15, 0.2) is 0 Å². The summed E-state index contributed by atoms with van der Waals surface area (Å²) in [5, 5.41) is 0.209. The molecular formula is C9H11ClFN. The van der Waals surface area contributed by atoms with E-state index in [2.05, 4.69) is 0 Å². The van der Waals surface area contributed by atoms with Crippen molar-refractivity contribution in [2.24, 2.45) is 5.73 Å². The van der Waals surface area contributed by atoms with Gasteiger partial charge in [0, 0.05) is 0 Å². The van der Waals surface area contributed by atoms with Crippen molar-refractivity contribution in [1.82, 2.24) is 0 Å². The normalized spacial score (nSPS) is 10.3. The molecule has 2 N–H and O–H groups in total. The van der Waals surface area contributed by atoms with E-state index in [0.717, 1.165) is 5.56 Å². The zero-order valence-electron chi connectivity index (χ0n) is 6.90. The highest BCUT2D eigenvalue weighted by Gasteiger charge is 2.07. The Morgan fingerprint density at radius 3 is 2.75 bits per heavy atom. The molecule has 0 amide bonds. The van der Waals surface area contributed by atoms with Crippen molar-refractivity contribution in [3.63, 3.8) is 0 Å². The van der Waals surface area contributed by atoms with Crippen LogP contribution < -0.4 is 5.73 Å². The molecule has 0 heterocycles. The summed E-state index contributed by atoms with van der Waals surface area (Å²) in [4.78, 5) is 0. The molecule has 0 aliphatic rings. The maximum absolute atomic E-state index is 13.3. The fourth-order valence-corrected chi connectivity index (χ4v) is 1.22. The molecule has 0 atom stereocenters.